The summed E-state index contributed by atoms with van der Waals surface area (Å²) in [5.41, 5.74) is -2.32. The Bertz CT molecular complexity index is 1460. The number of rotatable bonds is 11. The van der Waals surface area contributed by atoms with E-state index in [2.05, 4.69) is 15.5 Å². The van der Waals surface area contributed by atoms with Crippen molar-refractivity contribution >= 4 is 23.9 Å². The van der Waals surface area contributed by atoms with E-state index < -0.39 is 84.0 Å². The molecule has 3 heterocycles. The van der Waals surface area contributed by atoms with Gasteiger partial charge in [0.15, 0.2) is 5.60 Å². The predicted molar refractivity (Wildman–Crippen MR) is 187 cm³/mol. The molecule has 16 heteroatoms. The van der Waals surface area contributed by atoms with Gasteiger partial charge < -0.3 is 55.6 Å². The van der Waals surface area contributed by atoms with Crippen LogP contribution in [0, 0.1) is 19.8 Å². The summed E-state index contributed by atoms with van der Waals surface area (Å²) in [6, 6.07) is 1.63. The maximum Gasteiger partial charge on any atom is 0.410 e. The molecule has 1 aromatic rings. The van der Waals surface area contributed by atoms with Gasteiger partial charge in [-0.2, -0.15) is 0 Å². The molecule has 0 radical (unpaired) electrons. The highest BCUT2D eigenvalue weighted by atomic mass is 16.6. The zero-order chi connectivity index (χ0) is 38.8. The monoisotopic (exact) mass is 736 g/mol. The van der Waals surface area contributed by atoms with Crippen LogP contribution >= 0.6 is 0 Å². The number of ether oxygens (including phenoxy) is 2. The number of phenolic OH excluding ortho intramolecular Hbond substituents is 1. The molecule has 0 saturated carbocycles. The SMILES string of the molecule is CC(=O)N[C@H]1[C@H]([C@H](O)[C@H](O)CNC(=O)c2cc(C)c(O)c(C)c2)O[C@@](CCN2CCCC[C@]23CN(C(=O)OC(C)(C)C)C[C@@H]3CO)(C(=O)O)C[C@@H]1O. The number of likely N-dealkylation sites (tertiary alicyclic amines) is 2. The second-order valence-electron chi connectivity index (χ2n) is 15.6. The second-order valence-corrected chi connectivity index (χ2v) is 15.6. The molecule has 3 aliphatic rings. The summed E-state index contributed by atoms with van der Waals surface area (Å²) in [4.78, 5) is 54.8. The van der Waals surface area contributed by atoms with Crippen LogP contribution in [0.15, 0.2) is 12.1 Å². The highest BCUT2D eigenvalue weighted by molar-refractivity contribution is 5.95. The smallest absolute Gasteiger partial charge is 0.410 e. The number of phenols is 1. The summed E-state index contributed by atoms with van der Waals surface area (Å²) in [5, 5.41) is 69.9. The lowest BCUT2D eigenvalue weighted by molar-refractivity contribution is -0.230. The maximum atomic E-state index is 13.1. The van der Waals surface area contributed by atoms with Crippen LogP contribution in [0.3, 0.4) is 0 Å². The Kier molecular flexibility index (Phi) is 12.9. The molecule has 1 spiro atoms. The van der Waals surface area contributed by atoms with Crippen molar-refractivity contribution in [2.75, 3.05) is 39.3 Å². The van der Waals surface area contributed by atoms with Crippen molar-refractivity contribution in [3.8, 4) is 5.75 Å². The first-order chi connectivity index (χ1) is 24.2. The first kappa shape index (κ1) is 41.2. The Morgan fingerprint density at radius 1 is 1.12 bits per heavy atom. The average molecular weight is 737 g/mol. The lowest BCUT2D eigenvalue weighted by Gasteiger charge is -2.50. The number of aliphatic hydroxyl groups excluding tert-OH is 4. The minimum Gasteiger partial charge on any atom is -0.507 e. The number of aliphatic hydroxyl groups is 4. The van der Waals surface area contributed by atoms with Gasteiger partial charge in [-0.1, -0.05) is 6.42 Å². The van der Waals surface area contributed by atoms with E-state index in [1.807, 2.05) is 0 Å². The average Bonchev–Trinajstić information content (AvgIpc) is 3.43. The standard InChI is InChI=1S/C36H56N4O12/c1-20-13-23(14-21(2)28(20)45)31(47)37-16-26(44)29(46)30-27(38-22(3)42)25(43)15-36(51-30,32(48)49)10-12-40-11-8-7-9-35(40)19-39(17-24(35)18-41)33(50)52-34(4,5)6/h13-14,24-27,29-30,41,43-46H,7-12,15-19H2,1-6H3,(H,37,47)(H,38,42)(H,48,49)/t24-,25+,26-,27-,29-,30-,35-,36-/m1/s1. The number of carbonyl (C=O) groups is 4. The third-order valence-electron chi connectivity index (χ3n) is 10.6. The largest absolute Gasteiger partial charge is 0.507 e. The van der Waals surface area contributed by atoms with Crippen molar-refractivity contribution in [3.63, 3.8) is 0 Å². The van der Waals surface area contributed by atoms with Crippen LogP contribution in [0.1, 0.15) is 81.3 Å². The number of carboxylic acids is 1. The fourth-order valence-corrected chi connectivity index (χ4v) is 7.95. The Balaban J connectivity index is 1.54. The Morgan fingerprint density at radius 2 is 1.77 bits per heavy atom. The number of piperidine rings is 1. The summed E-state index contributed by atoms with van der Waals surface area (Å²) in [6.45, 7) is 10.3. The fraction of sp³-hybridized carbons (Fsp3) is 0.722. The summed E-state index contributed by atoms with van der Waals surface area (Å²) >= 11 is 0. The minimum atomic E-state index is -2.07. The summed E-state index contributed by atoms with van der Waals surface area (Å²) in [5.74, 6) is -2.90. The number of amides is 3. The fourth-order valence-electron chi connectivity index (χ4n) is 7.95. The number of benzene rings is 1. The Morgan fingerprint density at radius 3 is 2.35 bits per heavy atom. The number of aliphatic carboxylic acids is 1. The zero-order valence-corrected chi connectivity index (χ0v) is 30.9. The van der Waals surface area contributed by atoms with E-state index in [-0.39, 0.29) is 49.9 Å². The minimum absolute atomic E-state index is 0.0422. The van der Waals surface area contributed by atoms with Gasteiger partial charge in [-0.3, -0.25) is 14.5 Å². The van der Waals surface area contributed by atoms with Crippen molar-refractivity contribution in [3.05, 3.63) is 28.8 Å². The van der Waals surface area contributed by atoms with E-state index in [9.17, 15) is 49.8 Å². The molecule has 8 atom stereocenters. The number of nitrogens with one attached hydrogen (secondary N) is 2. The molecule has 3 fully saturated rings. The molecule has 3 amide bonds. The van der Waals surface area contributed by atoms with Gasteiger partial charge in [-0.05, 0) is 77.3 Å². The lowest BCUT2D eigenvalue weighted by Crippen LogP contribution is -2.68. The number of carbonyl (C=O) groups excluding carboxylic acids is 3. The molecule has 0 bridgehead atoms. The topological polar surface area (TPSA) is 239 Å². The third kappa shape index (κ3) is 8.97. The molecule has 3 saturated heterocycles. The quantitative estimate of drug-likeness (QED) is 0.154. The van der Waals surface area contributed by atoms with E-state index >= 15 is 0 Å². The van der Waals surface area contributed by atoms with Gasteiger partial charge in [0.2, 0.25) is 5.91 Å². The van der Waals surface area contributed by atoms with Crippen molar-refractivity contribution in [1.29, 1.82) is 0 Å². The normalized spacial score (nSPS) is 29.4. The van der Waals surface area contributed by atoms with Crippen LogP contribution in [0.4, 0.5) is 4.79 Å². The number of nitrogens with zero attached hydrogens (tertiary/aromatic N) is 2. The van der Waals surface area contributed by atoms with Gasteiger partial charge in [0.05, 0.1) is 18.2 Å². The summed E-state index contributed by atoms with van der Waals surface area (Å²) in [7, 11) is 0. The molecule has 3 aliphatic heterocycles. The number of aryl methyl sites for hydroxylation is 2. The van der Waals surface area contributed by atoms with Crippen LogP contribution in [0.5, 0.6) is 5.75 Å². The molecular weight excluding hydrogens is 680 g/mol. The number of carboxylic acid groups (broad SMARTS) is 1. The van der Waals surface area contributed by atoms with Crippen LogP contribution < -0.4 is 10.6 Å². The highest BCUT2D eigenvalue weighted by Gasteiger charge is 2.57. The van der Waals surface area contributed by atoms with Crippen molar-refractivity contribution in [2.24, 2.45) is 5.92 Å². The van der Waals surface area contributed by atoms with Gasteiger partial charge >= 0.3 is 12.1 Å². The van der Waals surface area contributed by atoms with Crippen molar-refractivity contribution in [2.45, 2.75) is 121 Å². The van der Waals surface area contributed by atoms with Crippen LogP contribution in [0.25, 0.3) is 0 Å². The lowest BCUT2D eigenvalue weighted by atomic mass is 9.77. The van der Waals surface area contributed by atoms with E-state index in [1.54, 1.807) is 39.5 Å². The Hall–Kier alpha value is -3.54. The first-order valence-electron chi connectivity index (χ1n) is 17.9. The molecule has 1 aromatic carbocycles. The molecule has 16 nitrogen and oxygen atoms in total. The molecule has 0 aliphatic carbocycles. The predicted octanol–water partition coefficient (Wildman–Crippen LogP) is 0.413. The molecule has 8 N–H and O–H groups in total. The van der Waals surface area contributed by atoms with Gasteiger partial charge in [0.25, 0.3) is 5.91 Å². The Labute approximate surface area is 304 Å². The van der Waals surface area contributed by atoms with Crippen molar-refractivity contribution in [1.82, 2.24) is 20.4 Å². The first-order valence-corrected chi connectivity index (χ1v) is 17.9. The molecule has 4 rings (SSSR count). The van der Waals surface area contributed by atoms with Crippen LogP contribution in [-0.4, -0.2) is 151 Å². The van der Waals surface area contributed by atoms with E-state index in [1.165, 1.54) is 19.1 Å². The molecule has 0 aromatic heterocycles. The van der Waals surface area contributed by atoms with Gasteiger partial charge in [0, 0.05) is 69.6 Å². The van der Waals surface area contributed by atoms with E-state index in [0.717, 1.165) is 12.8 Å². The molecule has 292 valence electrons. The van der Waals surface area contributed by atoms with Crippen LogP contribution in [-0.2, 0) is 19.1 Å². The number of aromatic hydroxyl groups is 1. The maximum absolute atomic E-state index is 13.1. The highest BCUT2D eigenvalue weighted by Crippen LogP contribution is 2.43. The number of hydrogen-bond acceptors (Lipinski definition) is 12. The van der Waals surface area contributed by atoms with Gasteiger partial charge in [-0.25, -0.2) is 9.59 Å². The second kappa shape index (κ2) is 16.2. The van der Waals surface area contributed by atoms with Gasteiger partial charge in [0.1, 0.15) is 23.6 Å². The molecular formula is C36H56N4O12. The van der Waals surface area contributed by atoms with Crippen LogP contribution in [0.2, 0.25) is 0 Å². The van der Waals surface area contributed by atoms with E-state index in [4.69, 9.17) is 9.47 Å². The summed E-state index contributed by atoms with van der Waals surface area (Å²) in [6.07, 6.45) is -5.54. The van der Waals surface area contributed by atoms with E-state index in [0.29, 0.717) is 24.1 Å². The van der Waals surface area contributed by atoms with Crippen molar-refractivity contribution < 1.29 is 59.3 Å². The molecule has 0 unspecified atom stereocenters. The molecule has 52 heavy (non-hydrogen) atoms. The number of hydrogen-bond donors (Lipinski definition) is 8. The van der Waals surface area contributed by atoms with Gasteiger partial charge in [-0.15, -0.1) is 0 Å². The summed E-state index contributed by atoms with van der Waals surface area (Å²) < 4.78 is 11.8. The zero-order valence-electron chi connectivity index (χ0n) is 30.9. The third-order valence-corrected chi connectivity index (χ3v) is 10.6.